The lowest BCUT2D eigenvalue weighted by atomic mass is 9.91. The second-order valence-corrected chi connectivity index (χ2v) is 6.47. The number of primary amides is 1. The number of rotatable bonds is 3. The molecule has 1 aromatic carbocycles. The van der Waals surface area contributed by atoms with Crippen molar-refractivity contribution in [3.8, 4) is 0 Å². The molecule has 98 valence electrons. The molecular weight excluding hydrogens is 244 g/mol. The number of carbonyl (C=O) groups is 1. The molecule has 2 rings (SSSR count). The van der Waals surface area contributed by atoms with E-state index >= 15 is 0 Å². The highest BCUT2D eigenvalue weighted by Crippen LogP contribution is 2.37. The number of thioether (sulfide) groups is 1. The van der Waals surface area contributed by atoms with E-state index in [4.69, 9.17) is 11.5 Å². The number of anilines is 1. The van der Waals surface area contributed by atoms with Crippen molar-refractivity contribution in [2.24, 2.45) is 11.7 Å². The van der Waals surface area contributed by atoms with E-state index in [2.05, 4.69) is 6.92 Å². The predicted octanol–water partition coefficient (Wildman–Crippen LogP) is 3.04. The molecule has 4 heteroatoms. The summed E-state index contributed by atoms with van der Waals surface area (Å²) in [4.78, 5) is 12.4. The fourth-order valence-electron chi connectivity index (χ4n) is 2.51. The zero-order valence-corrected chi connectivity index (χ0v) is 11.5. The van der Waals surface area contributed by atoms with Crippen LogP contribution in [0.4, 0.5) is 5.69 Å². The van der Waals surface area contributed by atoms with Crippen LogP contribution >= 0.6 is 11.8 Å². The molecule has 0 spiro atoms. The molecule has 18 heavy (non-hydrogen) atoms. The van der Waals surface area contributed by atoms with Crippen molar-refractivity contribution in [1.82, 2.24) is 0 Å². The fourth-order valence-corrected chi connectivity index (χ4v) is 4.01. The number of hydrogen-bond acceptors (Lipinski definition) is 3. The molecule has 1 aliphatic carbocycles. The normalized spacial score (nSPS) is 23.8. The van der Waals surface area contributed by atoms with E-state index in [1.54, 1.807) is 17.8 Å². The average Bonchev–Trinajstić information content (AvgIpc) is 2.31. The van der Waals surface area contributed by atoms with E-state index < -0.39 is 5.91 Å². The SMILES string of the molecule is CC1CCCC(Sc2ccc(N)cc2C(N)=O)C1. The molecule has 0 bridgehead atoms. The number of nitrogens with two attached hydrogens (primary N) is 2. The van der Waals surface area contributed by atoms with E-state index in [0.29, 0.717) is 16.5 Å². The molecule has 2 unspecified atom stereocenters. The molecule has 0 aliphatic heterocycles. The molecule has 1 aromatic rings. The topological polar surface area (TPSA) is 69.1 Å². The van der Waals surface area contributed by atoms with Crippen LogP contribution in [0.25, 0.3) is 0 Å². The fraction of sp³-hybridized carbons (Fsp3) is 0.500. The number of amides is 1. The second kappa shape index (κ2) is 5.65. The lowest BCUT2D eigenvalue weighted by Crippen LogP contribution is -2.17. The van der Waals surface area contributed by atoms with Crippen molar-refractivity contribution in [3.05, 3.63) is 23.8 Å². The lowest BCUT2D eigenvalue weighted by molar-refractivity contribution is 0.0997. The Balaban J connectivity index is 2.15. The standard InChI is InChI=1S/C14H20N2OS/c1-9-3-2-4-11(7-9)18-13-6-5-10(15)8-12(13)14(16)17/h5-6,8-9,11H,2-4,7,15H2,1H3,(H2,16,17). The van der Waals surface area contributed by atoms with Gasteiger partial charge in [-0.15, -0.1) is 11.8 Å². The van der Waals surface area contributed by atoms with Crippen LogP contribution < -0.4 is 11.5 Å². The summed E-state index contributed by atoms with van der Waals surface area (Å²) in [5.74, 6) is 0.385. The van der Waals surface area contributed by atoms with E-state index in [1.807, 2.05) is 12.1 Å². The number of nitrogen functional groups attached to an aromatic ring is 1. The third kappa shape index (κ3) is 3.19. The summed E-state index contributed by atoms with van der Waals surface area (Å²) >= 11 is 1.78. The first-order valence-electron chi connectivity index (χ1n) is 6.42. The first-order chi connectivity index (χ1) is 8.56. The maximum atomic E-state index is 11.4. The van der Waals surface area contributed by atoms with Crippen molar-refractivity contribution in [1.29, 1.82) is 0 Å². The van der Waals surface area contributed by atoms with Gasteiger partial charge < -0.3 is 11.5 Å². The number of carbonyl (C=O) groups excluding carboxylic acids is 1. The van der Waals surface area contributed by atoms with Crippen molar-refractivity contribution < 1.29 is 4.79 Å². The molecule has 0 radical (unpaired) electrons. The lowest BCUT2D eigenvalue weighted by Gasteiger charge is -2.26. The van der Waals surface area contributed by atoms with Crippen LogP contribution in [0, 0.1) is 5.92 Å². The van der Waals surface area contributed by atoms with Crippen LogP contribution in [0.2, 0.25) is 0 Å². The molecule has 0 saturated heterocycles. The van der Waals surface area contributed by atoms with Gasteiger partial charge in [-0.25, -0.2) is 0 Å². The van der Waals surface area contributed by atoms with Gasteiger partial charge in [0.15, 0.2) is 0 Å². The van der Waals surface area contributed by atoms with Crippen LogP contribution in [0.3, 0.4) is 0 Å². The molecule has 1 amide bonds. The molecule has 1 saturated carbocycles. The van der Waals surface area contributed by atoms with Crippen LogP contribution in [0.5, 0.6) is 0 Å². The number of hydrogen-bond donors (Lipinski definition) is 2. The first-order valence-corrected chi connectivity index (χ1v) is 7.30. The van der Waals surface area contributed by atoms with Gasteiger partial charge in [0.1, 0.15) is 0 Å². The van der Waals surface area contributed by atoms with Crippen molar-refractivity contribution in [2.75, 3.05) is 5.73 Å². The smallest absolute Gasteiger partial charge is 0.249 e. The van der Waals surface area contributed by atoms with E-state index in [0.717, 1.165) is 10.8 Å². The third-order valence-corrected chi connectivity index (χ3v) is 4.82. The van der Waals surface area contributed by atoms with Crippen molar-refractivity contribution >= 4 is 23.4 Å². The minimum Gasteiger partial charge on any atom is -0.399 e. The van der Waals surface area contributed by atoms with Crippen LogP contribution in [0.1, 0.15) is 43.0 Å². The Morgan fingerprint density at radius 3 is 2.83 bits per heavy atom. The summed E-state index contributed by atoms with van der Waals surface area (Å²) < 4.78 is 0. The molecule has 0 heterocycles. The van der Waals surface area contributed by atoms with Gasteiger partial charge in [-0.3, -0.25) is 4.79 Å². The largest absolute Gasteiger partial charge is 0.399 e. The zero-order chi connectivity index (χ0) is 13.1. The summed E-state index contributed by atoms with van der Waals surface area (Å²) in [5, 5.41) is 0.593. The first kappa shape index (κ1) is 13.3. The van der Waals surface area contributed by atoms with Gasteiger partial charge in [0.25, 0.3) is 0 Å². The number of benzene rings is 1. The summed E-state index contributed by atoms with van der Waals surface area (Å²) in [6, 6.07) is 5.43. The summed E-state index contributed by atoms with van der Waals surface area (Å²) in [6.45, 7) is 2.30. The van der Waals surface area contributed by atoms with Gasteiger partial charge in [0.2, 0.25) is 5.91 Å². The Labute approximate surface area is 112 Å². The van der Waals surface area contributed by atoms with E-state index in [1.165, 1.54) is 25.7 Å². The summed E-state index contributed by atoms with van der Waals surface area (Å²) in [5.41, 5.74) is 12.3. The van der Waals surface area contributed by atoms with Crippen LogP contribution in [0.15, 0.2) is 23.1 Å². The maximum Gasteiger partial charge on any atom is 0.249 e. The molecule has 1 aliphatic rings. The average molecular weight is 264 g/mol. The van der Waals surface area contributed by atoms with Crippen molar-refractivity contribution in [3.63, 3.8) is 0 Å². The molecule has 0 aromatic heterocycles. The van der Waals surface area contributed by atoms with Gasteiger partial charge in [-0.2, -0.15) is 0 Å². The van der Waals surface area contributed by atoms with E-state index in [-0.39, 0.29) is 0 Å². The Bertz CT molecular complexity index is 447. The molecule has 2 atom stereocenters. The van der Waals surface area contributed by atoms with Gasteiger partial charge in [0, 0.05) is 15.8 Å². The van der Waals surface area contributed by atoms with Crippen molar-refractivity contribution in [2.45, 2.75) is 42.8 Å². The van der Waals surface area contributed by atoms with Crippen LogP contribution in [-0.4, -0.2) is 11.2 Å². The quantitative estimate of drug-likeness (QED) is 0.824. The van der Waals surface area contributed by atoms with Gasteiger partial charge in [-0.1, -0.05) is 19.8 Å². The van der Waals surface area contributed by atoms with Crippen LogP contribution in [-0.2, 0) is 0 Å². The minimum absolute atomic E-state index is 0.395. The Morgan fingerprint density at radius 2 is 2.17 bits per heavy atom. The maximum absolute atomic E-state index is 11.4. The Kier molecular flexibility index (Phi) is 4.17. The molecule has 3 nitrogen and oxygen atoms in total. The predicted molar refractivity (Wildman–Crippen MR) is 76.6 cm³/mol. The summed E-state index contributed by atoms with van der Waals surface area (Å²) in [7, 11) is 0. The summed E-state index contributed by atoms with van der Waals surface area (Å²) in [6.07, 6.45) is 5.03. The Morgan fingerprint density at radius 1 is 1.39 bits per heavy atom. The Hall–Kier alpha value is -1.16. The monoisotopic (exact) mass is 264 g/mol. The highest BCUT2D eigenvalue weighted by Gasteiger charge is 2.21. The third-order valence-electron chi connectivity index (χ3n) is 3.45. The van der Waals surface area contributed by atoms with Gasteiger partial charge in [0.05, 0.1) is 5.56 Å². The highest BCUT2D eigenvalue weighted by molar-refractivity contribution is 8.00. The molecular formula is C14H20N2OS. The molecule has 4 N–H and O–H groups in total. The van der Waals surface area contributed by atoms with Gasteiger partial charge >= 0.3 is 0 Å². The highest BCUT2D eigenvalue weighted by atomic mass is 32.2. The van der Waals surface area contributed by atoms with E-state index in [9.17, 15) is 4.79 Å². The molecule has 1 fully saturated rings. The van der Waals surface area contributed by atoms with Gasteiger partial charge in [-0.05, 0) is 37.0 Å². The minimum atomic E-state index is -0.395. The second-order valence-electron chi connectivity index (χ2n) is 5.13. The zero-order valence-electron chi connectivity index (χ0n) is 10.7.